The molecule has 1 rings (SSSR count). The zero-order valence-corrected chi connectivity index (χ0v) is 11.0. The molecule has 3 heteroatoms. The number of amidine groups is 1. The van der Waals surface area contributed by atoms with E-state index in [9.17, 15) is 0 Å². The van der Waals surface area contributed by atoms with E-state index in [1.54, 1.807) is 7.11 Å². The summed E-state index contributed by atoms with van der Waals surface area (Å²) in [7, 11) is 1.65. The highest BCUT2D eigenvalue weighted by atomic mass is 16.5. The van der Waals surface area contributed by atoms with Crippen LogP contribution in [0.3, 0.4) is 0 Å². The van der Waals surface area contributed by atoms with Crippen LogP contribution in [-0.4, -0.2) is 19.7 Å². The standard InChI is InChI=1S/C12H14N2O.C2H6/c1-5-14-12(13-3)10-6-7-11(15-4)9(2)8-10;1-2/h5-8H,1,3H2,2,4H3;1-2H3. The van der Waals surface area contributed by atoms with E-state index in [0.717, 1.165) is 16.9 Å². The fraction of sp³-hybridized carbons (Fsp3) is 0.286. The van der Waals surface area contributed by atoms with E-state index >= 15 is 0 Å². The zero-order valence-electron chi connectivity index (χ0n) is 11.0. The molecule has 0 heterocycles. The third-order valence-electron chi connectivity index (χ3n) is 2.02. The largest absolute Gasteiger partial charge is 0.496 e. The molecule has 1 aromatic rings. The summed E-state index contributed by atoms with van der Waals surface area (Å²) in [6.45, 7) is 13.0. The van der Waals surface area contributed by atoms with Gasteiger partial charge in [0.05, 0.1) is 7.11 Å². The van der Waals surface area contributed by atoms with Gasteiger partial charge in [0, 0.05) is 11.8 Å². The van der Waals surface area contributed by atoms with Gasteiger partial charge in [0.2, 0.25) is 0 Å². The van der Waals surface area contributed by atoms with Gasteiger partial charge in [-0.1, -0.05) is 20.4 Å². The molecular weight excluding hydrogens is 212 g/mol. The Labute approximate surface area is 104 Å². The molecule has 0 aliphatic rings. The summed E-state index contributed by atoms with van der Waals surface area (Å²) in [6, 6.07) is 5.73. The van der Waals surface area contributed by atoms with E-state index in [-0.39, 0.29) is 0 Å². The Balaban J connectivity index is 0.00000121. The van der Waals surface area contributed by atoms with E-state index < -0.39 is 0 Å². The average molecular weight is 232 g/mol. The quantitative estimate of drug-likeness (QED) is 0.579. The third kappa shape index (κ3) is 4.23. The van der Waals surface area contributed by atoms with Gasteiger partial charge in [-0.3, -0.25) is 0 Å². The molecule has 92 valence electrons. The lowest BCUT2D eigenvalue weighted by Crippen LogP contribution is -1.97. The maximum absolute atomic E-state index is 5.17. The van der Waals surface area contributed by atoms with Crippen LogP contribution in [0, 0.1) is 6.92 Å². The number of nitrogens with zero attached hydrogens (tertiary/aromatic N) is 2. The highest BCUT2D eigenvalue weighted by Gasteiger charge is 2.03. The molecule has 0 saturated carbocycles. The number of hydrogen-bond acceptors (Lipinski definition) is 2. The van der Waals surface area contributed by atoms with Crippen molar-refractivity contribution < 1.29 is 4.74 Å². The molecule has 0 radical (unpaired) electrons. The summed E-state index contributed by atoms with van der Waals surface area (Å²) in [5.74, 6) is 1.41. The number of ether oxygens (including phenoxy) is 1. The minimum absolute atomic E-state index is 0.566. The molecule has 0 amide bonds. The molecule has 0 aromatic heterocycles. The molecule has 0 fully saturated rings. The number of methoxy groups -OCH3 is 1. The number of rotatable bonds is 3. The van der Waals surface area contributed by atoms with Crippen molar-refractivity contribution in [3.05, 3.63) is 42.1 Å². The van der Waals surface area contributed by atoms with Gasteiger partial charge in [-0.2, -0.15) is 0 Å². The molecule has 0 spiro atoms. The summed E-state index contributed by atoms with van der Waals surface area (Å²) in [6.07, 6.45) is 1.45. The van der Waals surface area contributed by atoms with E-state index in [1.807, 2.05) is 39.0 Å². The number of benzene rings is 1. The Morgan fingerprint density at radius 1 is 1.35 bits per heavy atom. The monoisotopic (exact) mass is 232 g/mol. The molecule has 0 aliphatic heterocycles. The van der Waals surface area contributed by atoms with Gasteiger partial charge < -0.3 is 4.74 Å². The second kappa shape index (κ2) is 8.28. The van der Waals surface area contributed by atoms with Gasteiger partial charge in [0.1, 0.15) is 5.75 Å². The minimum atomic E-state index is 0.566. The maximum atomic E-state index is 5.17. The van der Waals surface area contributed by atoms with E-state index in [4.69, 9.17) is 4.74 Å². The van der Waals surface area contributed by atoms with Crippen LogP contribution in [-0.2, 0) is 0 Å². The van der Waals surface area contributed by atoms with Crippen LogP contribution in [0.1, 0.15) is 25.0 Å². The van der Waals surface area contributed by atoms with Gasteiger partial charge >= 0.3 is 0 Å². The summed E-state index contributed by atoms with van der Waals surface area (Å²) in [4.78, 5) is 7.85. The Morgan fingerprint density at radius 3 is 2.41 bits per heavy atom. The second-order valence-corrected chi connectivity index (χ2v) is 2.98. The first-order valence-corrected chi connectivity index (χ1v) is 5.53. The smallest absolute Gasteiger partial charge is 0.158 e. The van der Waals surface area contributed by atoms with Crippen molar-refractivity contribution in [1.82, 2.24) is 0 Å². The Bertz CT molecular complexity index is 409. The van der Waals surface area contributed by atoms with Crippen LogP contribution in [0.15, 0.2) is 41.0 Å². The van der Waals surface area contributed by atoms with Gasteiger partial charge in [0.15, 0.2) is 5.84 Å². The predicted octanol–water partition coefficient (Wildman–Crippen LogP) is 3.62. The molecule has 3 nitrogen and oxygen atoms in total. The summed E-state index contributed by atoms with van der Waals surface area (Å²) in [5, 5.41) is 0. The van der Waals surface area contributed by atoms with Crippen LogP contribution in [0.25, 0.3) is 0 Å². The van der Waals surface area contributed by atoms with Gasteiger partial charge in [-0.25, -0.2) is 9.98 Å². The van der Waals surface area contributed by atoms with Gasteiger partial charge in [0.25, 0.3) is 0 Å². The first kappa shape index (κ1) is 15.1. The summed E-state index contributed by atoms with van der Waals surface area (Å²) < 4.78 is 5.17. The number of hydrogen-bond donors (Lipinski definition) is 0. The first-order valence-electron chi connectivity index (χ1n) is 5.53. The zero-order chi connectivity index (χ0) is 13.3. The lowest BCUT2D eigenvalue weighted by molar-refractivity contribution is 0.411. The molecule has 0 bridgehead atoms. The molecular formula is C14H20N2O. The van der Waals surface area contributed by atoms with Crippen LogP contribution < -0.4 is 4.74 Å². The van der Waals surface area contributed by atoms with Crippen molar-refractivity contribution in [1.29, 1.82) is 0 Å². The molecule has 1 aromatic carbocycles. The Hall–Kier alpha value is -1.90. The highest BCUT2D eigenvalue weighted by Crippen LogP contribution is 2.19. The van der Waals surface area contributed by atoms with Crippen molar-refractivity contribution in [3.63, 3.8) is 0 Å². The van der Waals surface area contributed by atoms with E-state index in [0.29, 0.717) is 5.84 Å². The van der Waals surface area contributed by atoms with Crippen molar-refractivity contribution in [3.8, 4) is 5.75 Å². The van der Waals surface area contributed by atoms with Crippen LogP contribution >= 0.6 is 0 Å². The number of aryl methyl sites for hydroxylation is 1. The minimum Gasteiger partial charge on any atom is -0.496 e. The van der Waals surface area contributed by atoms with Crippen molar-refractivity contribution in [2.24, 2.45) is 9.98 Å². The predicted molar refractivity (Wildman–Crippen MR) is 75.4 cm³/mol. The Kier molecular flexibility index (Phi) is 7.35. The summed E-state index contributed by atoms with van der Waals surface area (Å²) in [5.41, 5.74) is 1.94. The van der Waals surface area contributed by atoms with E-state index in [2.05, 4.69) is 23.3 Å². The van der Waals surface area contributed by atoms with Crippen molar-refractivity contribution in [2.75, 3.05) is 7.11 Å². The maximum Gasteiger partial charge on any atom is 0.158 e. The highest BCUT2D eigenvalue weighted by molar-refractivity contribution is 6.01. The molecule has 17 heavy (non-hydrogen) atoms. The van der Waals surface area contributed by atoms with Gasteiger partial charge in [-0.15, -0.1) is 0 Å². The second-order valence-electron chi connectivity index (χ2n) is 2.98. The molecule has 0 aliphatic carbocycles. The van der Waals surface area contributed by atoms with Crippen LogP contribution in [0.5, 0.6) is 5.75 Å². The fourth-order valence-corrected chi connectivity index (χ4v) is 1.31. The SMILES string of the molecule is C=CN=C(N=C)c1ccc(OC)c(C)c1.CC. The molecule has 0 N–H and O–H groups in total. The normalized spacial score (nSPS) is 10.0. The summed E-state index contributed by atoms with van der Waals surface area (Å²) >= 11 is 0. The van der Waals surface area contributed by atoms with Crippen molar-refractivity contribution in [2.45, 2.75) is 20.8 Å². The van der Waals surface area contributed by atoms with Crippen molar-refractivity contribution >= 4 is 12.6 Å². The Morgan fingerprint density at radius 2 is 2.00 bits per heavy atom. The topological polar surface area (TPSA) is 34.0 Å². The van der Waals surface area contributed by atoms with Crippen LogP contribution in [0.2, 0.25) is 0 Å². The molecule has 0 saturated heterocycles. The number of aliphatic imine (C=N–C) groups is 2. The molecule has 0 unspecified atom stereocenters. The lowest BCUT2D eigenvalue weighted by atomic mass is 10.1. The van der Waals surface area contributed by atoms with E-state index in [1.165, 1.54) is 6.20 Å². The third-order valence-corrected chi connectivity index (χ3v) is 2.02. The van der Waals surface area contributed by atoms with Crippen LogP contribution in [0.4, 0.5) is 0 Å². The van der Waals surface area contributed by atoms with Gasteiger partial charge in [-0.05, 0) is 37.4 Å². The molecule has 0 atom stereocenters. The lowest BCUT2D eigenvalue weighted by Gasteiger charge is -2.06. The fourth-order valence-electron chi connectivity index (χ4n) is 1.31. The average Bonchev–Trinajstić information content (AvgIpc) is 2.38. The first-order chi connectivity index (χ1) is 8.22.